The van der Waals surface area contributed by atoms with Crippen molar-refractivity contribution in [3.05, 3.63) is 70.1 Å². The van der Waals surface area contributed by atoms with E-state index in [1.165, 1.54) is 0 Å². The number of nitrogens with zero attached hydrogens (tertiary/aromatic N) is 3. The molecule has 2 heterocycles. The molecule has 8 nitrogen and oxygen atoms in total. The standard InChI is InChI=1S/C25H28ClN5O3/c1-16-4-9-20(14-21(16)26)28-25(33)31-12-10-30(11-13-31)15-22-17(2)34-24(29-22)19-7-5-18(6-8-19)23(32)27-3/h4-9,14H,10-13,15H2,1-3H3,(H,27,32)(H,28,33). The number of aryl methyl sites for hydroxylation is 2. The second kappa shape index (κ2) is 10.3. The lowest BCUT2D eigenvalue weighted by molar-refractivity contribution is 0.0963. The normalized spacial score (nSPS) is 14.2. The first kappa shape index (κ1) is 23.8. The topological polar surface area (TPSA) is 90.7 Å². The Kier molecular flexibility index (Phi) is 7.19. The van der Waals surface area contributed by atoms with Crippen LogP contribution < -0.4 is 10.6 Å². The van der Waals surface area contributed by atoms with Crippen LogP contribution in [-0.2, 0) is 6.54 Å². The van der Waals surface area contributed by atoms with Gasteiger partial charge in [0.1, 0.15) is 5.76 Å². The summed E-state index contributed by atoms with van der Waals surface area (Å²) in [6.07, 6.45) is 0. The fourth-order valence-electron chi connectivity index (χ4n) is 3.80. The Bertz CT molecular complexity index is 1180. The van der Waals surface area contributed by atoms with Crippen LogP contribution in [0, 0.1) is 13.8 Å². The highest BCUT2D eigenvalue weighted by molar-refractivity contribution is 6.31. The molecule has 9 heteroatoms. The largest absolute Gasteiger partial charge is 0.441 e. The van der Waals surface area contributed by atoms with E-state index in [1.807, 2.05) is 38.1 Å². The van der Waals surface area contributed by atoms with Crippen LogP contribution in [0.15, 0.2) is 46.9 Å². The van der Waals surface area contributed by atoms with Crippen molar-refractivity contribution in [3.63, 3.8) is 0 Å². The minimum absolute atomic E-state index is 0.125. The third-order valence-corrected chi connectivity index (χ3v) is 6.38. The number of hydrogen-bond acceptors (Lipinski definition) is 5. The van der Waals surface area contributed by atoms with E-state index in [0.717, 1.165) is 35.7 Å². The number of aromatic nitrogens is 1. The van der Waals surface area contributed by atoms with Gasteiger partial charge in [-0.25, -0.2) is 9.78 Å². The maximum atomic E-state index is 12.6. The molecule has 1 saturated heterocycles. The molecule has 0 bridgehead atoms. The average Bonchev–Trinajstić information content (AvgIpc) is 3.21. The Hall–Kier alpha value is -3.36. The van der Waals surface area contributed by atoms with E-state index in [9.17, 15) is 9.59 Å². The SMILES string of the molecule is CNC(=O)c1ccc(-c2nc(CN3CCN(C(=O)Nc4ccc(C)c(Cl)c4)CC3)c(C)o2)cc1. The van der Waals surface area contributed by atoms with Crippen LogP contribution in [0.2, 0.25) is 5.02 Å². The Balaban J connectivity index is 1.32. The number of urea groups is 1. The van der Waals surface area contributed by atoms with Gasteiger partial charge in [0.2, 0.25) is 5.89 Å². The van der Waals surface area contributed by atoms with Crippen LogP contribution in [0.5, 0.6) is 0 Å². The molecule has 4 rings (SSSR count). The zero-order valence-electron chi connectivity index (χ0n) is 19.5. The van der Waals surface area contributed by atoms with Gasteiger partial charge in [0.25, 0.3) is 5.91 Å². The van der Waals surface area contributed by atoms with Crippen molar-refractivity contribution in [2.75, 3.05) is 38.5 Å². The molecule has 3 aromatic rings. The predicted octanol–water partition coefficient (Wildman–Crippen LogP) is 4.32. The van der Waals surface area contributed by atoms with Crippen molar-refractivity contribution in [2.45, 2.75) is 20.4 Å². The molecule has 0 spiro atoms. The first-order valence-electron chi connectivity index (χ1n) is 11.2. The molecular weight excluding hydrogens is 454 g/mol. The number of carbonyl (C=O) groups excluding carboxylic acids is 2. The van der Waals surface area contributed by atoms with E-state index in [2.05, 4.69) is 20.5 Å². The van der Waals surface area contributed by atoms with Gasteiger partial charge in [0.15, 0.2) is 0 Å². The number of nitrogens with one attached hydrogen (secondary N) is 2. The summed E-state index contributed by atoms with van der Waals surface area (Å²) < 4.78 is 5.89. The number of rotatable bonds is 5. The molecule has 178 valence electrons. The fraction of sp³-hybridized carbons (Fsp3) is 0.320. The number of amides is 3. The summed E-state index contributed by atoms with van der Waals surface area (Å²) in [6.45, 7) is 7.20. The molecule has 0 atom stereocenters. The molecule has 2 aromatic carbocycles. The average molecular weight is 482 g/mol. The van der Waals surface area contributed by atoms with E-state index in [-0.39, 0.29) is 11.9 Å². The third-order valence-electron chi connectivity index (χ3n) is 5.97. The lowest BCUT2D eigenvalue weighted by Crippen LogP contribution is -2.49. The van der Waals surface area contributed by atoms with Gasteiger partial charge in [-0.3, -0.25) is 9.69 Å². The highest BCUT2D eigenvalue weighted by Gasteiger charge is 2.23. The summed E-state index contributed by atoms with van der Waals surface area (Å²) in [4.78, 5) is 33.1. The zero-order chi connectivity index (χ0) is 24.2. The first-order valence-corrected chi connectivity index (χ1v) is 11.5. The van der Waals surface area contributed by atoms with Crippen molar-refractivity contribution in [1.29, 1.82) is 0 Å². The van der Waals surface area contributed by atoms with Crippen LogP contribution in [0.25, 0.3) is 11.5 Å². The summed E-state index contributed by atoms with van der Waals surface area (Å²) in [6, 6.07) is 12.6. The smallest absolute Gasteiger partial charge is 0.321 e. The molecule has 0 unspecified atom stereocenters. The zero-order valence-corrected chi connectivity index (χ0v) is 20.3. The number of carbonyl (C=O) groups is 2. The molecule has 0 aliphatic carbocycles. The van der Waals surface area contributed by atoms with E-state index in [1.54, 1.807) is 30.1 Å². The predicted molar refractivity (Wildman–Crippen MR) is 132 cm³/mol. The van der Waals surface area contributed by atoms with Crippen LogP contribution in [-0.4, -0.2) is 59.9 Å². The monoisotopic (exact) mass is 481 g/mol. The number of benzene rings is 2. The lowest BCUT2D eigenvalue weighted by atomic mass is 10.1. The maximum Gasteiger partial charge on any atom is 0.321 e. The fourth-order valence-corrected chi connectivity index (χ4v) is 3.98. The summed E-state index contributed by atoms with van der Waals surface area (Å²) in [5.41, 5.74) is 3.94. The minimum atomic E-state index is -0.133. The molecule has 2 N–H and O–H groups in total. The van der Waals surface area contributed by atoms with E-state index in [0.29, 0.717) is 41.8 Å². The molecule has 0 saturated carbocycles. The second-order valence-corrected chi connectivity index (χ2v) is 8.74. The molecule has 3 amide bonds. The van der Waals surface area contributed by atoms with E-state index < -0.39 is 0 Å². The Morgan fingerprint density at radius 2 is 1.76 bits per heavy atom. The van der Waals surface area contributed by atoms with Gasteiger partial charge in [-0.05, 0) is 55.8 Å². The minimum Gasteiger partial charge on any atom is -0.441 e. The molecule has 1 aliphatic rings. The van der Waals surface area contributed by atoms with E-state index in [4.69, 9.17) is 16.0 Å². The van der Waals surface area contributed by atoms with Crippen LogP contribution >= 0.6 is 11.6 Å². The highest BCUT2D eigenvalue weighted by Crippen LogP contribution is 2.24. The maximum absolute atomic E-state index is 12.6. The summed E-state index contributed by atoms with van der Waals surface area (Å²) in [5, 5.41) is 6.16. The summed E-state index contributed by atoms with van der Waals surface area (Å²) in [7, 11) is 1.60. The number of piperazine rings is 1. The van der Waals surface area contributed by atoms with Crippen LogP contribution in [0.4, 0.5) is 10.5 Å². The number of anilines is 1. The van der Waals surface area contributed by atoms with Gasteiger partial charge in [0, 0.05) is 61.6 Å². The molecule has 1 fully saturated rings. The van der Waals surface area contributed by atoms with Gasteiger partial charge in [0.05, 0.1) is 5.69 Å². The van der Waals surface area contributed by atoms with Gasteiger partial charge >= 0.3 is 6.03 Å². The van der Waals surface area contributed by atoms with E-state index >= 15 is 0 Å². The van der Waals surface area contributed by atoms with Crippen LogP contribution in [0.3, 0.4) is 0 Å². The number of halogens is 1. The Morgan fingerprint density at radius 3 is 2.41 bits per heavy atom. The first-order chi connectivity index (χ1) is 16.3. The van der Waals surface area contributed by atoms with Crippen molar-refractivity contribution in [2.24, 2.45) is 0 Å². The second-order valence-electron chi connectivity index (χ2n) is 8.34. The Morgan fingerprint density at radius 1 is 1.06 bits per heavy atom. The van der Waals surface area contributed by atoms with Crippen molar-refractivity contribution < 1.29 is 14.0 Å². The van der Waals surface area contributed by atoms with Gasteiger partial charge in [-0.1, -0.05) is 17.7 Å². The summed E-state index contributed by atoms with van der Waals surface area (Å²) in [5.74, 6) is 1.17. The number of hydrogen-bond donors (Lipinski definition) is 2. The molecular formula is C25H28ClN5O3. The Labute approximate surface area is 203 Å². The quantitative estimate of drug-likeness (QED) is 0.566. The molecule has 1 aromatic heterocycles. The van der Waals surface area contributed by atoms with Gasteiger partial charge in [-0.2, -0.15) is 0 Å². The van der Waals surface area contributed by atoms with Gasteiger partial charge in [-0.15, -0.1) is 0 Å². The summed E-state index contributed by atoms with van der Waals surface area (Å²) >= 11 is 6.16. The lowest BCUT2D eigenvalue weighted by Gasteiger charge is -2.34. The highest BCUT2D eigenvalue weighted by atomic mass is 35.5. The molecule has 34 heavy (non-hydrogen) atoms. The molecule has 0 radical (unpaired) electrons. The number of oxazole rings is 1. The van der Waals surface area contributed by atoms with Crippen molar-refractivity contribution in [1.82, 2.24) is 20.1 Å². The van der Waals surface area contributed by atoms with Gasteiger partial charge < -0.3 is 20.0 Å². The van der Waals surface area contributed by atoms with Crippen LogP contribution in [0.1, 0.15) is 27.4 Å². The third kappa shape index (κ3) is 5.40. The van der Waals surface area contributed by atoms with Crippen molar-refractivity contribution >= 4 is 29.2 Å². The van der Waals surface area contributed by atoms with Crippen molar-refractivity contribution in [3.8, 4) is 11.5 Å². The molecule has 1 aliphatic heterocycles.